The Balaban J connectivity index is 1.15. The Hall–Kier alpha value is -0.670. The number of likely N-dealkylation sites (tertiary alicyclic amines) is 1. The molecular weight excluding hydrogens is 290 g/mol. The quantitative estimate of drug-likeness (QED) is 0.726. The predicted molar refractivity (Wildman–Crippen MR) is 86.4 cm³/mol. The van der Waals surface area contributed by atoms with E-state index in [9.17, 15) is 10.4 Å². The molecule has 1 aliphatic heterocycles. The summed E-state index contributed by atoms with van der Waals surface area (Å²) in [6.07, 6.45) is 6.58. The van der Waals surface area contributed by atoms with Crippen molar-refractivity contribution in [2.75, 3.05) is 19.9 Å². The first-order valence-electron chi connectivity index (χ1n) is 9.24. The number of piperidine rings is 1. The molecule has 4 aliphatic rings. The molecule has 0 amide bonds. The van der Waals surface area contributed by atoms with E-state index in [0.717, 1.165) is 31.7 Å². The molecule has 23 heavy (non-hydrogen) atoms. The monoisotopic (exact) mass is 319 g/mol. The molecule has 0 aromatic carbocycles. The average molecular weight is 319 g/mol. The fraction of sp³-hybridized carbons (Fsp3) is 0.944. The Morgan fingerprint density at radius 1 is 1.22 bits per heavy atom. The summed E-state index contributed by atoms with van der Waals surface area (Å²) < 4.78 is 5.83. The van der Waals surface area contributed by atoms with Crippen LogP contribution >= 0.6 is 0 Å². The highest BCUT2D eigenvalue weighted by Gasteiger charge is 2.52. The molecule has 3 aliphatic carbocycles. The molecular formula is C18H29N3O2. The second-order valence-corrected chi connectivity index (χ2v) is 8.54. The molecule has 1 heterocycles. The first-order valence-corrected chi connectivity index (χ1v) is 9.24. The van der Waals surface area contributed by atoms with E-state index >= 15 is 0 Å². The Bertz CT molecular complexity index is 477. The molecule has 5 nitrogen and oxygen atoms in total. The second-order valence-electron chi connectivity index (χ2n) is 8.54. The van der Waals surface area contributed by atoms with Crippen LogP contribution in [0, 0.1) is 29.1 Å². The van der Waals surface area contributed by atoms with E-state index in [-0.39, 0.29) is 17.7 Å². The SMILES string of the molecule is CC1(NCCOCN2C(C#N)CC3CC32)CC2CC(O)CC2C1. The fourth-order valence-electron chi connectivity index (χ4n) is 5.52. The Morgan fingerprint density at radius 3 is 2.65 bits per heavy atom. The van der Waals surface area contributed by atoms with Crippen molar-refractivity contribution in [3.8, 4) is 6.07 Å². The van der Waals surface area contributed by atoms with Crippen LogP contribution in [0.15, 0.2) is 0 Å². The van der Waals surface area contributed by atoms with Gasteiger partial charge in [-0.25, -0.2) is 0 Å². The maximum Gasteiger partial charge on any atom is 0.100 e. The summed E-state index contributed by atoms with van der Waals surface area (Å²) in [5.41, 5.74) is 0.212. The van der Waals surface area contributed by atoms with Crippen molar-refractivity contribution >= 4 is 0 Å². The Labute approximate surface area is 139 Å². The third-order valence-corrected chi connectivity index (χ3v) is 6.67. The van der Waals surface area contributed by atoms with Crippen LogP contribution in [0.4, 0.5) is 0 Å². The number of rotatable bonds is 6. The number of aliphatic hydroxyl groups is 1. The van der Waals surface area contributed by atoms with Gasteiger partial charge in [-0.05, 0) is 63.2 Å². The second kappa shape index (κ2) is 6.00. The zero-order valence-corrected chi connectivity index (χ0v) is 14.1. The summed E-state index contributed by atoms with van der Waals surface area (Å²) in [7, 11) is 0. The summed E-state index contributed by atoms with van der Waals surface area (Å²) in [6.45, 7) is 4.51. The summed E-state index contributed by atoms with van der Waals surface area (Å²) in [6, 6.07) is 3.09. The molecule has 5 atom stereocenters. The molecule has 5 unspecified atom stereocenters. The summed E-state index contributed by atoms with van der Waals surface area (Å²) >= 11 is 0. The van der Waals surface area contributed by atoms with Crippen LogP contribution < -0.4 is 5.32 Å². The van der Waals surface area contributed by atoms with Crippen molar-refractivity contribution in [1.82, 2.24) is 10.2 Å². The fourth-order valence-corrected chi connectivity index (χ4v) is 5.52. The van der Waals surface area contributed by atoms with Crippen LogP contribution in [0.5, 0.6) is 0 Å². The number of ether oxygens (including phenoxy) is 1. The van der Waals surface area contributed by atoms with Crippen molar-refractivity contribution in [2.45, 2.75) is 69.2 Å². The summed E-state index contributed by atoms with van der Waals surface area (Å²) in [5, 5.41) is 22.6. The third kappa shape index (κ3) is 3.15. The Kier molecular flexibility index (Phi) is 4.13. The summed E-state index contributed by atoms with van der Waals surface area (Å²) in [4.78, 5) is 2.24. The molecule has 2 N–H and O–H groups in total. The highest BCUT2D eigenvalue weighted by molar-refractivity contribution is 5.11. The molecule has 1 saturated heterocycles. The third-order valence-electron chi connectivity index (χ3n) is 6.67. The van der Waals surface area contributed by atoms with Crippen LogP contribution in [-0.4, -0.2) is 53.6 Å². The van der Waals surface area contributed by atoms with Crippen LogP contribution in [0.3, 0.4) is 0 Å². The van der Waals surface area contributed by atoms with Gasteiger partial charge in [-0.15, -0.1) is 0 Å². The van der Waals surface area contributed by atoms with Gasteiger partial charge in [0.25, 0.3) is 0 Å². The standard InChI is InChI=1S/C18H29N3O2/c1-18(8-13-5-16(22)6-14(13)9-18)20-2-3-23-11-21-15(10-19)4-12-7-17(12)21/h12-17,20,22H,2-9,11H2,1H3. The van der Waals surface area contributed by atoms with Gasteiger partial charge in [0.1, 0.15) is 12.8 Å². The van der Waals surface area contributed by atoms with Gasteiger partial charge >= 0.3 is 0 Å². The predicted octanol–water partition coefficient (Wildman–Crippen LogP) is 1.48. The maximum absolute atomic E-state index is 9.75. The normalized spacial score (nSPS) is 48.2. The number of hydrogen-bond donors (Lipinski definition) is 2. The minimum absolute atomic E-state index is 0.0577. The molecule has 4 fully saturated rings. The van der Waals surface area contributed by atoms with Crippen LogP contribution in [0.25, 0.3) is 0 Å². The minimum atomic E-state index is -0.0577. The van der Waals surface area contributed by atoms with Gasteiger partial charge in [-0.3, -0.25) is 4.90 Å². The van der Waals surface area contributed by atoms with E-state index in [2.05, 4.69) is 23.2 Å². The van der Waals surface area contributed by atoms with E-state index in [1.165, 1.54) is 19.3 Å². The highest BCUT2D eigenvalue weighted by Crippen LogP contribution is 2.49. The lowest BCUT2D eigenvalue weighted by Crippen LogP contribution is -2.43. The average Bonchev–Trinajstić information content (AvgIpc) is 2.92. The van der Waals surface area contributed by atoms with Crippen molar-refractivity contribution in [2.24, 2.45) is 17.8 Å². The van der Waals surface area contributed by atoms with E-state index in [0.29, 0.717) is 31.2 Å². The van der Waals surface area contributed by atoms with Crippen molar-refractivity contribution in [1.29, 1.82) is 5.26 Å². The lowest BCUT2D eigenvalue weighted by molar-refractivity contribution is 0.0201. The Morgan fingerprint density at radius 2 is 1.96 bits per heavy atom. The van der Waals surface area contributed by atoms with Crippen LogP contribution in [-0.2, 0) is 4.74 Å². The lowest BCUT2D eigenvalue weighted by Gasteiger charge is -2.28. The van der Waals surface area contributed by atoms with E-state index in [1.54, 1.807) is 0 Å². The van der Waals surface area contributed by atoms with Gasteiger partial charge in [0.05, 0.1) is 18.8 Å². The van der Waals surface area contributed by atoms with Crippen LogP contribution in [0.1, 0.15) is 45.4 Å². The zero-order valence-electron chi connectivity index (χ0n) is 14.1. The first kappa shape index (κ1) is 15.8. The number of aliphatic hydroxyl groups excluding tert-OH is 1. The zero-order chi connectivity index (χ0) is 16.0. The number of nitriles is 1. The van der Waals surface area contributed by atoms with Crippen molar-refractivity contribution < 1.29 is 9.84 Å². The maximum atomic E-state index is 9.75. The van der Waals surface area contributed by atoms with Gasteiger partial charge in [0.2, 0.25) is 0 Å². The lowest BCUT2D eigenvalue weighted by atomic mass is 9.96. The molecule has 4 rings (SSSR count). The molecule has 5 heteroatoms. The van der Waals surface area contributed by atoms with Gasteiger partial charge < -0.3 is 15.2 Å². The first-order chi connectivity index (χ1) is 11.1. The van der Waals surface area contributed by atoms with E-state index in [1.807, 2.05) is 0 Å². The summed E-state index contributed by atoms with van der Waals surface area (Å²) in [5.74, 6) is 2.17. The molecule has 128 valence electrons. The van der Waals surface area contributed by atoms with Gasteiger partial charge in [-0.1, -0.05) is 0 Å². The highest BCUT2D eigenvalue weighted by atomic mass is 16.5. The number of nitrogens with zero attached hydrogens (tertiary/aromatic N) is 2. The van der Waals surface area contributed by atoms with Gasteiger partial charge in [0.15, 0.2) is 0 Å². The minimum Gasteiger partial charge on any atom is -0.393 e. The topological polar surface area (TPSA) is 68.5 Å². The van der Waals surface area contributed by atoms with Gasteiger partial charge in [-0.2, -0.15) is 5.26 Å². The largest absolute Gasteiger partial charge is 0.393 e. The molecule has 3 saturated carbocycles. The number of nitrogens with one attached hydrogen (secondary N) is 1. The van der Waals surface area contributed by atoms with E-state index in [4.69, 9.17) is 4.74 Å². The van der Waals surface area contributed by atoms with Gasteiger partial charge in [0, 0.05) is 18.1 Å². The van der Waals surface area contributed by atoms with Crippen molar-refractivity contribution in [3.05, 3.63) is 0 Å². The molecule has 0 spiro atoms. The smallest absolute Gasteiger partial charge is 0.100 e. The molecule has 0 radical (unpaired) electrons. The van der Waals surface area contributed by atoms with Crippen molar-refractivity contribution in [3.63, 3.8) is 0 Å². The van der Waals surface area contributed by atoms with E-state index < -0.39 is 0 Å². The number of hydrogen-bond acceptors (Lipinski definition) is 5. The molecule has 0 bridgehead atoms. The molecule has 0 aromatic heterocycles. The number of fused-ring (bicyclic) bond motifs is 2. The molecule has 0 aromatic rings. The van der Waals surface area contributed by atoms with Crippen LogP contribution in [0.2, 0.25) is 0 Å².